The van der Waals surface area contributed by atoms with E-state index in [-0.39, 0.29) is 12.1 Å². The first-order valence-electron chi connectivity index (χ1n) is 9.87. The Kier molecular flexibility index (Phi) is 6.57. The lowest BCUT2D eigenvalue weighted by molar-refractivity contribution is 0.0224. The van der Waals surface area contributed by atoms with Crippen molar-refractivity contribution in [2.75, 3.05) is 18.0 Å². The van der Waals surface area contributed by atoms with Gasteiger partial charge in [0.1, 0.15) is 17.0 Å². The van der Waals surface area contributed by atoms with Gasteiger partial charge in [-0.15, -0.1) is 0 Å². The second-order valence-corrected chi connectivity index (χ2v) is 9.01. The summed E-state index contributed by atoms with van der Waals surface area (Å²) in [5.74, 6) is 0.530. The van der Waals surface area contributed by atoms with Gasteiger partial charge in [0.2, 0.25) is 0 Å². The van der Waals surface area contributed by atoms with E-state index in [1.165, 1.54) is 4.90 Å². The van der Waals surface area contributed by atoms with Gasteiger partial charge in [-0.1, -0.05) is 6.07 Å². The monoisotopic (exact) mass is 391 g/mol. The molecular weight excluding hydrogens is 358 g/mol. The topological polar surface area (TPSA) is 72.0 Å². The third-order valence-electron chi connectivity index (χ3n) is 4.24. The molecule has 28 heavy (non-hydrogen) atoms. The van der Waals surface area contributed by atoms with E-state index in [1.807, 2.05) is 54.5 Å². The maximum atomic E-state index is 12.5. The number of carbonyl (C=O) groups is 2. The molecule has 1 aromatic rings. The summed E-state index contributed by atoms with van der Waals surface area (Å²) in [5.41, 5.74) is -0.156. The number of carbonyl (C=O) groups excluding carboxylic acids is 2. The summed E-state index contributed by atoms with van der Waals surface area (Å²) < 4.78 is 11.0. The predicted molar refractivity (Wildman–Crippen MR) is 108 cm³/mol. The van der Waals surface area contributed by atoms with Crippen molar-refractivity contribution in [3.05, 3.63) is 23.9 Å². The Bertz CT molecular complexity index is 689. The fourth-order valence-corrected chi connectivity index (χ4v) is 3.11. The fourth-order valence-electron chi connectivity index (χ4n) is 3.11. The van der Waals surface area contributed by atoms with Gasteiger partial charge in [-0.25, -0.2) is 14.6 Å². The normalized spacial score (nSPS) is 17.4. The van der Waals surface area contributed by atoms with Gasteiger partial charge in [-0.05, 0) is 72.9 Å². The number of ether oxygens (including phenoxy) is 2. The smallest absolute Gasteiger partial charge is 0.415 e. The van der Waals surface area contributed by atoms with Crippen molar-refractivity contribution in [2.24, 2.45) is 0 Å². The van der Waals surface area contributed by atoms with Gasteiger partial charge in [0, 0.05) is 19.3 Å². The van der Waals surface area contributed by atoms with Crippen LogP contribution in [0.15, 0.2) is 18.3 Å². The van der Waals surface area contributed by atoms with Crippen LogP contribution in [0.1, 0.15) is 72.9 Å². The number of hydrogen-bond donors (Lipinski definition) is 0. The Morgan fingerprint density at radius 1 is 1.14 bits per heavy atom. The van der Waals surface area contributed by atoms with Crippen molar-refractivity contribution in [3.8, 4) is 0 Å². The quantitative estimate of drug-likeness (QED) is 0.732. The Morgan fingerprint density at radius 2 is 1.79 bits per heavy atom. The minimum Gasteiger partial charge on any atom is -0.444 e. The molecular formula is C21H33N3O4. The summed E-state index contributed by atoms with van der Waals surface area (Å²) in [6, 6.07) is 3.66. The fraction of sp³-hybridized carbons (Fsp3) is 0.667. The highest BCUT2D eigenvalue weighted by Gasteiger charge is 2.33. The number of nitrogens with zero attached hydrogens (tertiary/aromatic N) is 3. The van der Waals surface area contributed by atoms with E-state index in [0.29, 0.717) is 18.9 Å². The molecule has 2 heterocycles. The lowest BCUT2D eigenvalue weighted by Gasteiger charge is -2.29. The lowest BCUT2D eigenvalue weighted by Crippen LogP contribution is -2.37. The second kappa shape index (κ2) is 8.37. The average molecular weight is 392 g/mol. The molecule has 1 unspecified atom stereocenters. The zero-order valence-corrected chi connectivity index (χ0v) is 18.1. The van der Waals surface area contributed by atoms with Crippen LogP contribution in [0, 0.1) is 0 Å². The standard InChI is InChI=1S/C21H33N3O4/c1-8-23(18(25)27-20(2,3)4)17-12-11-15(14-22-17)16-10-9-13-24(16)19(26)28-21(5,6)7/h11-12,14,16H,8-10,13H2,1-7H3. The van der Waals surface area contributed by atoms with Gasteiger partial charge < -0.3 is 14.4 Å². The first-order valence-corrected chi connectivity index (χ1v) is 9.87. The predicted octanol–water partition coefficient (Wildman–Crippen LogP) is 4.92. The molecule has 1 atom stereocenters. The van der Waals surface area contributed by atoms with Gasteiger partial charge >= 0.3 is 12.2 Å². The minimum atomic E-state index is -0.567. The highest BCUT2D eigenvalue weighted by Crippen LogP contribution is 2.33. The number of likely N-dealkylation sites (tertiary alicyclic amines) is 1. The van der Waals surface area contributed by atoms with Crippen LogP contribution in [0.5, 0.6) is 0 Å². The summed E-state index contributed by atoms with van der Waals surface area (Å²) in [7, 11) is 0. The maximum Gasteiger partial charge on any atom is 0.415 e. The highest BCUT2D eigenvalue weighted by atomic mass is 16.6. The zero-order valence-electron chi connectivity index (χ0n) is 18.1. The Labute approximate surface area is 168 Å². The van der Waals surface area contributed by atoms with Crippen LogP contribution >= 0.6 is 0 Å². The summed E-state index contributed by atoms with van der Waals surface area (Å²) in [4.78, 5) is 32.6. The zero-order chi connectivity index (χ0) is 21.1. The Balaban J connectivity index is 2.14. The number of hydrogen-bond acceptors (Lipinski definition) is 5. The second-order valence-electron chi connectivity index (χ2n) is 9.01. The Morgan fingerprint density at radius 3 is 2.29 bits per heavy atom. The van der Waals surface area contributed by atoms with Crippen molar-refractivity contribution in [1.29, 1.82) is 0 Å². The molecule has 156 valence electrons. The number of anilines is 1. The van der Waals surface area contributed by atoms with Gasteiger partial charge in [0.15, 0.2) is 0 Å². The van der Waals surface area contributed by atoms with E-state index < -0.39 is 17.3 Å². The molecule has 0 aromatic carbocycles. The molecule has 0 spiro atoms. The molecule has 2 amide bonds. The van der Waals surface area contributed by atoms with E-state index in [2.05, 4.69) is 4.98 Å². The summed E-state index contributed by atoms with van der Waals surface area (Å²) in [6.45, 7) is 14.1. The molecule has 0 radical (unpaired) electrons. The third kappa shape index (κ3) is 5.84. The average Bonchev–Trinajstić information content (AvgIpc) is 3.02. The van der Waals surface area contributed by atoms with Crippen LogP contribution in [-0.2, 0) is 9.47 Å². The van der Waals surface area contributed by atoms with Gasteiger partial charge in [-0.3, -0.25) is 4.90 Å². The van der Waals surface area contributed by atoms with Crippen LogP contribution in [0.4, 0.5) is 15.4 Å². The summed E-state index contributed by atoms with van der Waals surface area (Å²) in [5, 5.41) is 0. The van der Waals surface area contributed by atoms with Crippen molar-refractivity contribution < 1.29 is 19.1 Å². The van der Waals surface area contributed by atoms with E-state index in [1.54, 1.807) is 17.2 Å². The molecule has 0 N–H and O–H groups in total. The molecule has 1 aliphatic heterocycles. The largest absolute Gasteiger partial charge is 0.444 e. The number of rotatable bonds is 3. The van der Waals surface area contributed by atoms with Crippen molar-refractivity contribution in [3.63, 3.8) is 0 Å². The molecule has 7 nitrogen and oxygen atoms in total. The molecule has 0 bridgehead atoms. The van der Waals surface area contributed by atoms with Gasteiger partial charge in [0.05, 0.1) is 6.04 Å². The van der Waals surface area contributed by atoms with Crippen LogP contribution in [0.25, 0.3) is 0 Å². The highest BCUT2D eigenvalue weighted by molar-refractivity contribution is 5.86. The molecule has 1 fully saturated rings. The lowest BCUT2D eigenvalue weighted by atomic mass is 10.1. The summed E-state index contributed by atoms with van der Waals surface area (Å²) in [6.07, 6.45) is 2.79. The van der Waals surface area contributed by atoms with Crippen molar-refractivity contribution in [1.82, 2.24) is 9.88 Å². The van der Waals surface area contributed by atoms with Crippen molar-refractivity contribution in [2.45, 2.75) is 78.6 Å². The first-order chi connectivity index (χ1) is 12.9. The Hall–Kier alpha value is -2.31. The van der Waals surface area contributed by atoms with E-state index in [0.717, 1.165) is 18.4 Å². The third-order valence-corrected chi connectivity index (χ3v) is 4.24. The van der Waals surface area contributed by atoms with Gasteiger partial charge in [0.25, 0.3) is 0 Å². The molecule has 0 aliphatic carbocycles. The number of aromatic nitrogens is 1. The van der Waals surface area contributed by atoms with Gasteiger partial charge in [-0.2, -0.15) is 0 Å². The van der Waals surface area contributed by atoms with Crippen molar-refractivity contribution >= 4 is 18.0 Å². The SMILES string of the molecule is CCN(C(=O)OC(C)(C)C)c1ccc(C2CCCN2C(=O)OC(C)(C)C)cn1. The van der Waals surface area contributed by atoms with Crippen LogP contribution in [0.3, 0.4) is 0 Å². The number of pyridine rings is 1. The van der Waals surface area contributed by atoms with Crippen LogP contribution < -0.4 is 4.90 Å². The molecule has 7 heteroatoms. The minimum absolute atomic E-state index is 0.0620. The van der Waals surface area contributed by atoms with E-state index in [9.17, 15) is 9.59 Å². The molecule has 1 aromatic heterocycles. The van der Waals surface area contributed by atoms with Crippen LogP contribution in [-0.4, -0.2) is 46.4 Å². The maximum absolute atomic E-state index is 12.5. The van der Waals surface area contributed by atoms with Crippen LogP contribution in [0.2, 0.25) is 0 Å². The molecule has 2 rings (SSSR count). The number of amides is 2. The van der Waals surface area contributed by atoms with E-state index in [4.69, 9.17) is 9.47 Å². The molecule has 0 saturated carbocycles. The first kappa shape index (κ1) is 22.0. The molecule has 1 aliphatic rings. The molecule has 1 saturated heterocycles. The summed E-state index contributed by atoms with van der Waals surface area (Å²) >= 11 is 0. The van der Waals surface area contributed by atoms with E-state index >= 15 is 0 Å².